The van der Waals surface area contributed by atoms with E-state index < -0.39 is 0 Å². The first-order valence-electron chi connectivity index (χ1n) is 3.68. The van der Waals surface area contributed by atoms with Gasteiger partial charge in [-0.25, -0.2) is 4.98 Å². The predicted molar refractivity (Wildman–Crippen MR) is 49.7 cm³/mol. The van der Waals surface area contributed by atoms with Crippen LogP contribution in [-0.4, -0.2) is 20.8 Å². The Bertz CT molecular complexity index is 419. The lowest BCUT2D eigenvalue weighted by Crippen LogP contribution is -1.92. The van der Waals surface area contributed by atoms with Gasteiger partial charge in [0.1, 0.15) is 5.69 Å². The van der Waals surface area contributed by atoms with E-state index >= 15 is 0 Å². The maximum absolute atomic E-state index is 10.5. The van der Waals surface area contributed by atoms with E-state index in [0.29, 0.717) is 5.82 Å². The summed E-state index contributed by atoms with van der Waals surface area (Å²) in [5.74, 6) is 0.434. The topological polar surface area (TPSA) is 47.8 Å². The van der Waals surface area contributed by atoms with Crippen molar-refractivity contribution in [2.75, 3.05) is 0 Å². The maximum Gasteiger partial charge on any atom is 0.185 e. The van der Waals surface area contributed by atoms with Crippen molar-refractivity contribution < 1.29 is 4.79 Å². The number of carbonyl (C=O) groups excluding carboxylic acids is 1. The molecule has 0 saturated heterocycles. The molecule has 0 unspecified atom stereocenters. The summed E-state index contributed by atoms with van der Waals surface area (Å²) in [4.78, 5) is 19.6. The molecule has 0 saturated carbocycles. The summed E-state index contributed by atoms with van der Waals surface area (Å²) in [6, 6.07) is 0. The molecule has 13 heavy (non-hydrogen) atoms. The molecule has 5 heteroatoms. The smallest absolute Gasteiger partial charge is 0.185 e. The van der Waals surface area contributed by atoms with E-state index in [9.17, 15) is 4.79 Å². The molecule has 0 aliphatic rings. The van der Waals surface area contributed by atoms with Crippen LogP contribution in [0.3, 0.4) is 0 Å². The summed E-state index contributed by atoms with van der Waals surface area (Å²) in [6.07, 6.45) is 4.30. The third-order valence-corrected chi connectivity index (χ3v) is 2.50. The Labute approximate surface area is 78.9 Å². The number of imidazole rings is 1. The fourth-order valence-corrected chi connectivity index (χ4v) is 1.63. The normalized spacial score (nSPS) is 10.2. The lowest BCUT2D eigenvalue weighted by atomic mass is 10.4. The van der Waals surface area contributed by atoms with Crippen molar-refractivity contribution >= 4 is 17.6 Å². The second-order valence-electron chi connectivity index (χ2n) is 2.58. The molecular weight excluding hydrogens is 186 g/mol. The van der Waals surface area contributed by atoms with Gasteiger partial charge in [0.15, 0.2) is 12.1 Å². The number of aldehydes is 1. The first-order valence-corrected chi connectivity index (χ1v) is 4.56. The number of carbonyl (C=O) groups is 1. The van der Waals surface area contributed by atoms with Gasteiger partial charge in [-0.1, -0.05) is 0 Å². The minimum absolute atomic E-state index is 0.434. The third-order valence-electron chi connectivity index (χ3n) is 1.70. The van der Waals surface area contributed by atoms with Crippen LogP contribution in [0.2, 0.25) is 0 Å². The highest BCUT2D eigenvalue weighted by atomic mass is 32.1. The average molecular weight is 193 g/mol. The van der Waals surface area contributed by atoms with Crippen LogP contribution in [0.15, 0.2) is 17.9 Å². The van der Waals surface area contributed by atoms with Gasteiger partial charge >= 0.3 is 0 Å². The van der Waals surface area contributed by atoms with Crippen LogP contribution in [0.25, 0.3) is 10.6 Å². The fourth-order valence-electron chi connectivity index (χ4n) is 1.05. The first-order chi connectivity index (χ1) is 6.31. The number of rotatable bonds is 2. The van der Waals surface area contributed by atoms with Gasteiger partial charge in [-0.15, -0.1) is 11.3 Å². The minimum atomic E-state index is 0.434. The monoisotopic (exact) mass is 193 g/mol. The summed E-state index contributed by atoms with van der Waals surface area (Å²) in [5, 5.41) is 0. The van der Waals surface area contributed by atoms with Gasteiger partial charge < -0.3 is 4.57 Å². The SMILES string of the molecule is Cn1cc(-c2cncs2)nc1C=O. The number of aryl methyl sites for hydroxylation is 1. The molecule has 4 nitrogen and oxygen atoms in total. The Kier molecular flexibility index (Phi) is 1.94. The predicted octanol–water partition coefficient (Wildman–Crippen LogP) is 1.36. The third kappa shape index (κ3) is 1.38. The van der Waals surface area contributed by atoms with E-state index in [4.69, 9.17) is 0 Å². The van der Waals surface area contributed by atoms with Gasteiger partial charge in [0.05, 0.1) is 10.4 Å². The molecule has 0 amide bonds. The molecule has 2 aromatic heterocycles. The van der Waals surface area contributed by atoms with Crippen LogP contribution in [0.5, 0.6) is 0 Å². The van der Waals surface area contributed by atoms with E-state index in [1.807, 2.05) is 6.20 Å². The van der Waals surface area contributed by atoms with Gasteiger partial charge in [0.2, 0.25) is 0 Å². The average Bonchev–Trinajstić information content (AvgIpc) is 2.71. The van der Waals surface area contributed by atoms with Crippen molar-refractivity contribution in [1.82, 2.24) is 14.5 Å². The van der Waals surface area contributed by atoms with Gasteiger partial charge in [0, 0.05) is 19.4 Å². The molecule has 0 atom stereocenters. The summed E-state index contributed by atoms with van der Waals surface area (Å²) >= 11 is 1.51. The van der Waals surface area contributed by atoms with Crippen molar-refractivity contribution in [3.8, 4) is 10.6 Å². The Morgan fingerprint density at radius 3 is 3.00 bits per heavy atom. The molecule has 0 aliphatic carbocycles. The van der Waals surface area contributed by atoms with Gasteiger partial charge in [0.25, 0.3) is 0 Å². The Morgan fingerprint density at radius 2 is 2.46 bits per heavy atom. The second-order valence-corrected chi connectivity index (χ2v) is 3.47. The molecule has 0 spiro atoms. The quantitative estimate of drug-likeness (QED) is 0.676. The van der Waals surface area contributed by atoms with Crippen LogP contribution in [0.1, 0.15) is 10.6 Å². The fraction of sp³-hybridized carbons (Fsp3) is 0.125. The molecule has 0 aliphatic heterocycles. The number of hydrogen-bond donors (Lipinski definition) is 0. The molecule has 2 heterocycles. The van der Waals surface area contributed by atoms with E-state index in [-0.39, 0.29) is 0 Å². The molecule has 66 valence electrons. The van der Waals surface area contributed by atoms with Crippen LogP contribution in [0.4, 0.5) is 0 Å². The van der Waals surface area contributed by atoms with Crippen molar-refractivity contribution in [1.29, 1.82) is 0 Å². The van der Waals surface area contributed by atoms with Crippen LogP contribution in [-0.2, 0) is 7.05 Å². The molecule has 0 aromatic carbocycles. The number of aromatic nitrogens is 3. The van der Waals surface area contributed by atoms with Crippen molar-refractivity contribution in [2.24, 2.45) is 7.05 Å². The van der Waals surface area contributed by atoms with Crippen LogP contribution >= 0.6 is 11.3 Å². The zero-order chi connectivity index (χ0) is 9.26. The van der Waals surface area contributed by atoms with E-state index in [2.05, 4.69) is 9.97 Å². The summed E-state index contributed by atoms with van der Waals surface area (Å²) in [6.45, 7) is 0. The first kappa shape index (κ1) is 8.12. The standard InChI is InChI=1S/C8H7N3OS/c1-11-3-6(10-8(11)4-12)7-2-9-5-13-7/h2-5H,1H3. The summed E-state index contributed by atoms with van der Waals surface area (Å²) in [7, 11) is 1.79. The van der Waals surface area contributed by atoms with Gasteiger partial charge in [-0.3, -0.25) is 9.78 Å². The lowest BCUT2D eigenvalue weighted by molar-refractivity contribution is 0.111. The Morgan fingerprint density at radius 1 is 1.62 bits per heavy atom. The van der Waals surface area contributed by atoms with E-state index in [1.165, 1.54) is 11.3 Å². The number of nitrogens with zero attached hydrogens (tertiary/aromatic N) is 3. The maximum atomic E-state index is 10.5. The zero-order valence-electron chi connectivity index (χ0n) is 6.97. The molecule has 0 N–H and O–H groups in total. The highest BCUT2D eigenvalue weighted by molar-refractivity contribution is 7.13. The largest absolute Gasteiger partial charge is 0.331 e. The molecule has 0 fully saturated rings. The highest BCUT2D eigenvalue weighted by Gasteiger charge is 2.06. The highest BCUT2D eigenvalue weighted by Crippen LogP contribution is 2.21. The summed E-state index contributed by atoms with van der Waals surface area (Å²) < 4.78 is 1.70. The second kappa shape index (κ2) is 3.10. The van der Waals surface area contributed by atoms with Crippen molar-refractivity contribution in [2.45, 2.75) is 0 Å². The lowest BCUT2D eigenvalue weighted by Gasteiger charge is -1.86. The minimum Gasteiger partial charge on any atom is -0.331 e. The number of thiazole rings is 1. The Balaban J connectivity index is 2.48. The summed E-state index contributed by atoms with van der Waals surface area (Å²) in [5.41, 5.74) is 2.54. The van der Waals surface area contributed by atoms with E-state index in [1.54, 1.807) is 23.3 Å². The van der Waals surface area contributed by atoms with Crippen molar-refractivity contribution in [3.63, 3.8) is 0 Å². The molecule has 2 aromatic rings. The molecule has 0 radical (unpaired) electrons. The van der Waals surface area contributed by atoms with Crippen molar-refractivity contribution in [3.05, 3.63) is 23.7 Å². The Hall–Kier alpha value is -1.49. The molecular formula is C8H7N3OS. The van der Waals surface area contributed by atoms with Gasteiger partial charge in [-0.05, 0) is 0 Å². The van der Waals surface area contributed by atoms with Gasteiger partial charge in [-0.2, -0.15) is 0 Å². The zero-order valence-corrected chi connectivity index (χ0v) is 7.78. The van der Waals surface area contributed by atoms with Crippen LogP contribution in [0, 0.1) is 0 Å². The van der Waals surface area contributed by atoms with E-state index in [0.717, 1.165) is 16.9 Å². The molecule has 2 rings (SSSR count). The number of hydrogen-bond acceptors (Lipinski definition) is 4. The van der Waals surface area contributed by atoms with Crippen LogP contribution < -0.4 is 0 Å². The molecule has 0 bridgehead atoms.